The number of benzene rings is 2. The number of carbonyl (C=O) groups is 1. The quantitative estimate of drug-likeness (QED) is 0.522. The van der Waals surface area contributed by atoms with Crippen molar-refractivity contribution in [1.29, 1.82) is 0 Å². The Morgan fingerprint density at radius 1 is 1.13 bits per heavy atom. The molecule has 0 saturated carbocycles. The van der Waals surface area contributed by atoms with Crippen molar-refractivity contribution in [3.8, 4) is 22.8 Å². The zero-order chi connectivity index (χ0) is 21.1. The lowest BCUT2D eigenvalue weighted by Gasteiger charge is -2.26. The summed E-state index contributed by atoms with van der Waals surface area (Å²) < 4.78 is 5.91. The van der Waals surface area contributed by atoms with Crippen molar-refractivity contribution < 1.29 is 14.6 Å². The molecule has 0 spiro atoms. The maximum Gasteiger partial charge on any atom is 0.273 e. The van der Waals surface area contributed by atoms with Gasteiger partial charge in [-0.25, -0.2) is 0 Å². The van der Waals surface area contributed by atoms with Crippen LogP contribution in [0.4, 0.5) is 0 Å². The fourth-order valence-electron chi connectivity index (χ4n) is 4.00. The number of fused-ring (bicyclic) bond motifs is 1. The largest absolute Gasteiger partial charge is 0.507 e. The molecule has 0 aliphatic carbocycles. The first-order chi connectivity index (χ1) is 14.7. The average Bonchev–Trinajstić information content (AvgIpc) is 3.29. The number of hydrogen-bond acceptors (Lipinski definition) is 4. The molecule has 6 nitrogen and oxygen atoms in total. The third kappa shape index (κ3) is 3.54. The number of nitrogens with one attached hydrogen (secondary N) is 1. The SMILES string of the molecule is CCCCOc1cccc([C@@H]2c3c(-c4ccccc4O)n[nH]c3C(=O)N2CCC)c1. The van der Waals surface area contributed by atoms with Crippen molar-refractivity contribution in [3.05, 3.63) is 65.4 Å². The van der Waals surface area contributed by atoms with E-state index in [-0.39, 0.29) is 17.7 Å². The molecule has 0 radical (unpaired) electrons. The predicted octanol–water partition coefficient (Wildman–Crippen LogP) is 4.92. The number of rotatable bonds is 8. The molecule has 156 valence electrons. The lowest BCUT2D eigenvalue weighted by atomic mass is 9.95. The Balaban J connectivity index is 1.80. The molecule has 1 amide bonds. The van der Waals surface area contributed by atoms with Crippen LogP contribution >= 0.6 is 0 Å². The molecule has 0 fully saturated rings. The molecule has 2 aromatic carbocycles. The molecule has 1 atom stereocenters. The molecule has 1 aliphatic heterocycles. The number of ether oxygens (including phenoxy) is 1. The fourth-order valence-corrected chi connectivity index (χ4v) is 4.00. The van der Waals surface area contributed by atoms with Crippen LogP contribution in [0.2, 0.25) is 0 Å². The predicted molar refractivity (Wildman–Crippen MR) is 116 cm³/mol. The molecule has 2 N–H and O–H groups in total. The summed E-state index contributed by atoms with van der Waals surface area (Å²) in [6.07, 6.45) is 2.92. The van der Waals surface area contributed by atoms with E-state index in [0.29, 0.717) is 30.1 Å². The lowest BCUT2D eigenvalue weighted by Crippen LogP contribution is -2.30. The van der Waals surface area contributed by atoms with Gasteiger partial charge >= 0.3 is 0 Å². The van der Waals surface area contributed by atoms with Gasteiger partial charge in [-0.15, -0.1) is 0 Å². The Bertz CT molecular complexity index is 1040. The molecule has 1 aromatic heterocycles. The molecule has 0 saturated heterocycles. The minimum atomic E-state index is -0.282. The molecule has 0 bridgehead atoms. The van der Waals surface area contributed by atoms with Gasteiger partial charge in [0.1, 0.15) is 22.9 Å². The van der Waals surface area contributed by atoms with Gasteiger partial charge in [-0.05, 0) is 42.7 Å². The number of aromatic hydroxyl groups is 1. The summed E-state index contributed by atoms with van der Waals surface area (Å²) in [5, 5.41) is 17.7. The number of phenolic OH excluding ortho intramolecular Hbond substituents is 1. The number of phenols is 1. The van der Waals surface area contributed by atoms with E-state index in [1.165, 1.54) is 0 Å². The van der Waals surface area contributed by atoms with E-state index in [2.05, 4.69) is 24.0 Å². The summed E-state index contributed by atoms with van der Waals surface area (Å²) >= 11 is 0. The van der Waals surface area contributed by atoms with Crippen molar-refractivity contribution >= 4 is 5.91 Å². The number of unbranched alkanes of at least 4 members (excludes halogenated alkanes) is 1. The Morgan fingerprint density at radius 2 is 1.97 bits per heavy atom. The van der Waals surface area contributed by atoms with E-state index in [1.54, 1.807) is 12.1 Å². The van der Waals surface area contributed by atoms with Crippen LogP contribution in [-0.4, -0.2) is 39.3 Å². The third-order valence-corrected chi connectivity index (χ3v) is 5.43. The monoisotopic (exact) mass is 405 g/mol. The smallest absolute Gasteiger partial charge is 0.273 e. The fraction of sp³-hybridized carbons (Fsp3) is 0.333. The number of nitrogens with zero attached hydrogens (tertiary/aromatic N) is 2. The van der Waals surface area contributed by atoms with Crippen molar-refractivity contribution in [2.45, 2.75) is 39.2 Å². The topological polar surface area (TPSA) is 78.5 Å². The number of aromatic nitrogens is 2. The summed E-state index contributed by atoms with van der Waals surface area (Å²) in [5.74, 6) is 0.873. The van der Waals surface area contributed by atoms with Gasteiger partial charge in [0.2, 0.25) is 0 Å². The van der Waals surface area contributed by atoms with Crippen LogP contribution < -0.4 is 4.74 Å². The van der Waals surface area contributed by atoms with Gasteiger partial charge in [0.15, 0.2) is 0 Å². The third-order valence-electron chi connectivity index (χ3n) is 5.43. The van der Waals surface area contributed by atoms with Gasteiger partial charge in [0.25, 0.3) is 5.91 Å². The molecule has 3 aromatic rings. The van der Waals surface area contributed by atoms with Crippen LogP contribution in [-0.2, 0) is 0 Å². The number of hydrogen-bond donors (Lipinski definition) is 2. The average molecular weight is 405 g/mol. The van der Waals surface area contributed by atoms with Crippen LogP contribution in [0.15, 0.2) is 48.5 Å². The Morgan fingerprint density at radius 3 is 2.73 bits per heavy atom. The number of carbonyl (C=O) groups excluding carboxylic acids is 1. The van der Waals surface area contributed by atoms with E-state index < -0.39 is 0 Å². The molecular formula is C24H27N3O3. The second-order valence-electron chi connectivity index (χ2n) is 7.55. The first-order valence-corrected chi connectivity index (χ1v) is 10.6. The van der Waals surface area contributed by atoms with E-state index in [4.69, 9.17) is 4.74 Å². The number of aromatic amines is 1. The van der Waals surface area contributed by atoms with Gasteiger partial charge in [0, 0.05) is 17.7 Å². The lowest BCUT2D eigenvalue weighted by molar-refractivity contribution is 0.0743. The Kier molecular flexibility index (Phi) is 5.74. The summed E-state index contributed by atoms with van der Waals surface area (Å²) in [6.45, 7) is 5.49. The van der Waals surface area contributed by atoms with E-state index in [9.17, 15) is 9.90 Å². The normalized spacial score (nSPS) is 15.5. The molecule has 1 aliphatic rings. The minimum Gasteiger partial charge on any atom is -0.507 e. The Hall–Kier alpha value is -3.28. The molecule has 6 heteroatoms. The van der Waals surface area contributed by atoms with Crippen molar-refractivity contribution in [1.82, 2.24) is 15.1 Å². The molecule has 4 rings (SSSR count). The Labute approximate surface area is 176 Å². The van der Waals surface area contributed by atoms with Gasteiger partial charge < -0.3 is 14.7 Å². The highest BCUT2D eigenvalue weighted by atomic mass is 16.5. The van der Waals surface area contributed by atoms with E-state index in [0.717, 1.165) is 36.1 Å². The first-order valence-electron chi connectivity index (χ1n) is 10.6. The van der Waals surface area contributed by atoms with Crippen LogP contribution in [0, 0.1) is 0 Å². The summed E-state index contributed by atoms with van der Waals surface area (Å²) in [7, 11) is 0. The maximum absolute atomic E-state index is 13.2. The van der Waals surface area contributed by atoms with Crippen LogP contribution in [0.25, 0.3) is 11.3 Å². The second kappa shape index (κ2) is 8.61. The number of para-hydroxylation sites is 1. The van der Waals surface area contributed by atoms with Gasteiger partial charge in [0.05, 0.1) is 12.6 Å². The molecule has 30 heavy (non-hydrogen) atoms. The van der Waals surface area contributed by atoms with Crippen molar-refractivity contribution in [2.24, 2.45) is 0 Å². The van der Waals surface area contributed by atoms with Crippen molar-refractivity contribution in [3.63, 3.8) is 0 Å². The van der Waals surface area contributed by atoms with Gasteiger partial charge in [-0.2, -0.15) is 5.10 Å². The van der Waals surface area contributed by atoms with E-state index in [1.807, 2.05) is 41.3 Å². The zero-order valence-corrected chi connectivity index (χ0v) is 17.4. The summed E-state index contributed by atoms with van der Waals surface area (Å²) in [6, 6.07) is 14.7. The van der Waals surface area contributed by atoms with E-state index >= 15 is 0 Å². The zero-order valence-electron chi connectivity index (χ0n) is 17.4. The highest BCUT2D eigenvalue weighted by Gasteiger charge is 2.42. The summed E-state index contributed by atoms with van der Waals surface area (Å²) in [5.41, 5.74) is 3.49. The van der Waals surface area contributed by atoms with Crippen molar-refractivity contribution in [2.75, 3.05) is 13.2 Å². The van der Waals surface area contributed by atoms with Crippen LogP contribution in [0.5, 0.6) is 11.5 Å². The summed E-state index contributed by atoms with van der Waals surface area (Å²) in [4.78, 5) is 15.0. The van der Waals surface area contributed by atoms with Crippen LogP contribution in [0.1, 0.15) is 60.8 Å². The maximum atomic E-state index is 13.2. The van der Waals surface area contributed by atoms with Crippen LogP contribution in [0.3, 0.4) is 0 Å². The number of amides is 1. The molecule has 0 unspecified atom stereocenters. The minimum absolute atomic E-state index is 0.0664. The number of H-pyrrole nitrogens is 1. The highest BCUT2D eigenvalue weighted by molar-refractivity contribution is 6.00. The standard InChI is InChI=1S/C24H27N3O3/c1-3-5-14-30-17-10-8-9-16(15-17)23-20-21(18-11-6-7-12-19(18)28)25-26-22(20)24(29)27(23)13-4-2/h6-12,15,23,28H,3-5,13-14H2,1-2H3,(H,25,26)/t23-/m1/s1. The molecule has 2 heterocycles. The first kappa shape index (κ1) is 20.0. The highest BCUT2D eigenvalue weighted by Crippen LogP contribution is 2.44. The molecular weight excluding hydrogens is 378 g/mol. The van der Waals surface area contributed by atoms with Gasteiger partial charge in [-0.3, -0.25) is 9.89 Å². The van der Waals surface area contributed by atoms with Gasteiger partial charge in [-0.1, -0.05) is 44.5 Å². The second-order valence-corrected chi connectivity index (χ2v) is 7.55.